The van der Waals surface area contributed by atoms with Crippen molar-refractivity contribution in [1.29, 1.82) is 0 Å². The van der Waals surface area contributed by atoms with Gasteiger partial charge in [-0.2, -0.15) is 26.3 Å². The van der Waals surface area contributed by atoms with Crippen LogP contribution in [-0.2, 0) is 21.9 Å². The van der Waals surface area contributed by atoms with E-state index in [0.717, 1.165) is 0 Å². The predicted molar refractivity (Wildman–Crippen MR) is 72.2 cm³/mol. The molecule has 1 aromatic carbocycles. The molecule has 0 aliphatic rings. The second-order valence-electron chi connectivity index (χ2n) is 4.52. The summed E-state index contributed by atoms with van der Waals surface area (Å²) < 4.78 is 94.2. The maximum absolute atomic E-state index is 13.8. The molecule has 3 nitrogen and oxygen atoms in total. The molecule has 2 N–H and O–H groups in total. The highest BCUT2D eigenvalue weighted by Crippen LogP contribution is 2.37. The van der Waals surface area contributed by atoms with Gasteiger partial charge >= 0.3 is 18.3 Å². The van der Waals surface area contributed by atoms with Crippen LogP contribution in [0.25, 0.3) is 0 Å². The van der Waals surface area contributed by atoms with E-state index in [-0.39, 0.29) is 37.2 Å². The van der Waals surface area contributed by atoms with Crippen molar-refractivity contribution in [1.82, 2.24) is 0 Å². The number of hydrogen-bond donors (Lipinski definition) is 1. The Balaban J connectivity index is 0.00000529. The van der Waals surface area contributed by atoms with Crippen LogP contribution in [0.3, 0.4) is 0 Å². The molecule has 0 fully saturated rings. The Kier molecular flexibility index (Phi) is 7.50. The maximum Gasteiger partial charge on any atom is 0.416 e. The highest BCUT2D eigenvalue weighted by molar-refractivity contribution is 5.85. The molecule has 0 saturated heterocycles. The van der Waals surface area contributed by atoms with Gasteiger partial charge in [-0.15, -0.1) is 12.4 Å². The third kappa shape index (κ3) is 5.52. The smallest absolute Gasteiger partial charge is 0.416 e. The lowest BCUT2D eigenvalue weighted by Crippen LogP contribution is -2.32. The molecule has 0 aromatic heterocycles. The van der Waals surface area contributed by atoms with E-state index in [1.54, 1.807) is 0 Å². The van der Waals surface area contributed by atoms with Crippen molar-refractivity contribution in [2.45, 2.75) is 31.5 Å². The number of alkyl halides is 7. The average Bonchev–Trinajstić information content (AvgIpc) is 2.43. The zero-order valence-corrected chi connectivity index (χ0v) is 12.9. The first kappa shape index (κ1) is 22.4. The standard InChI is InChI=1S/C13H12F7NO2.ClH/c1-2-23-11(22)9(14)10(21)6-3-7(12(15,16)17)5-8(4-6)13(18,19)20;/h3-5,9-10H,2,21H2,1H3;1H/t9?,10-;/m1./s1. The van der Waals surface area contributed by atoms with Crippen LogP contribution in [0.2, 0.25) is 0 Å². The van der Waals surface area contributed by atoms with Crippen LogP contribution in [0.15, 0.2) is 18.2 Å². The number of carbonyl (C=O) groups is 1. The van der Waals surface area contributed by atoms with E-state index in [0.29, 0.717) is 0 Å². The molecule has 24 heavy (non-hydrogen) atoms. The Hall–Kier alpha value is -1.55. The molecule has 0 radical (unpaired) electrons. The molecule has 0 aliphatic heterocycles. The second-order valence-corrected chi connectivity index (χ2v) is 4.52. The van der Waals surface area contributed by atoms with Crippen LogP contribution >= 0.6 is 12.4 Å². The molecule has 1 unspecified atom stereocenters. The van der Waals surface area contributed by atoms with Crippen molar-refractivity contribution < 1.29 is 40.3 Å². The Morgan fingerprint density at radius 2 is 1.50 bits per heavy atom. The highest BCUT2D eigenvalue weighted by atomic mass is 35.5. The van der Waals surface area contributed by atoms with E-state index in [1.807, 2.05) is 0 Å². The Labute approximate surface area is 138 Å². The van der Waals surface area contributed by atoms with Crippen LogP contribution in [-0.4, -0.2) is 18.7 Å². The third-order valence-corrected chi connectivity index (χ3v) is 2.82. The molecule has 0 heterocycles. The van der Waals surface area contributed by atoms with Gasteiger partial charge in [0.25, 0.3) is 0 Å². The van der Waals surface area contributed by atoms with Gasteiger partial charge in [0.1, 0.15) is 0 Å². The summed E-state index contributed by atoms with van der Waals surface area (Å²) in [5.74, 6) is -1.47. The molecular formula is C13H13ClF7NO2. The molecular weight excluding hydrogens is 371 g/mol. The Bertz CT molecular complexity index is 542. The normalized spacial score (nSPS) is 14.5. The topological polar surface area (TPSA) is 52.3 Å². The zero-order chi connectivity index (χ0) is 18.0. The zero-order valence-electron chi connectivity index (χ0n) is 12.0. The van der Waals surface area contributed by atoms with E-state index >= 15 is 0 Å². The fraction of sp³-hybridized carbons (Fsp3) is 0.462. The highest BCUT2D eigenvalue weighted by Gasteiger charge is 2.38. The lowest BCUT2D eigenvalue weighted by molar-refractivity contribution is -0.149. The van der Waals surface area contributed by atoms with Gasteiger partial charge in [0.15, 0.2) is 0 Å². The molecule has 0 bridgehead atoms. The molecule has 0 amide bonds. The summed E-state index contributed by atoms with van der Waals surface area (Å²) in [6, 6.07) is -1.61. The minimum Gasteiger partial charge on any atom is -0.464 e. The second kappa shape index (κ2) is 8.02. The number of halogens is 8. The van der Waals surface area contributed by atoms with Gasteiger partial charge in [-0.1, -0.05) is 0 Å². The predicted octanol–water partition coefficient (Wildman–Crippen LogP) is 4.05. The molecule has 138 valence electrons. The molecule has 0 spiro atoms. The van der Waals surface area contributed by atoms with Gasteiger partial charge in [0.05, 0.1) is 23.8 Å². The average molecular weight is 384 g/mol. The van der Waals surface area contributed by atoms with Crippen molar-refractivity contribution in [2.75, 3.05) is 6.61 Å². The van der Waals surface area contributed by atoms with E-state index in [9.17, 15) is 35.5 Å². The molecule has 1 aromatic rings. The van der Waals surface area contributed by atoms with Crippen LogP contribution in [0.4, 0.5) is 30.7 Å². The Morgan fingerprint density at radius 1 is 1.08 bits per heavy atom. The third-order valence-electron chi connectivity index (χ3n) is 2.82. The number of carbonyl (C=O) groups excluding carboxylic acids is 1. The summed E-state index contributed by atoms with van der Waals surface area (Å²) in [5.41, 5.74) is 1.18. The summed E-state index contributed by atoms with van der Waals surface area (Å²) in [4.78, 5) is 11.2. The SMILES string of the molecule is CCOC(=O)C(F)[C@H](N)c1cc(C(F)(F)F)cc(C(F)(F)F)c1.Cl. The van der Waals surface area contributed by atoms with Gasteiger partial charge in [-0.05, 0) is 30.7 Å². The largest absolute Gasteiger partial charge is 0.464 e. The number of hydrogen-bond acceptors (Lipinski definition) is 3. The summed E-state index contributed by atoms with van der Waals surface area (Å²) in [7, 11) is 0. The quantitative estimate of drug-likeness (QED) is 0.630. The van der Waals surface area contributed by atoms with Crippen LogP contribution in [0, 0.1) is 0 Å². The first-order valence-electron chi connectivity index (χ1n) is 6.23. The van der Waals surface area contributed by atoms with E-state index in [4.69, 9.17) is 5.73 Å². The Morgan fingerprint density at radius 3 is 1.83 bits per heavy atom. The lowest BCUT2D eigenvalue weighted by atomic mass is 9.97. The van der Waals surface area contributed by atoms with Crippen LogP contribution in [0.5, 0.6) is 0 Å². The summed E-state index contributed by atoms with van der Waals surface area (Å²) in [6.07, 6.45) is -12.8. The lowest BCUT2D eigenvalue weighted by Gasteiger charge is -2.19. The number of benzene rings is 1. The van der Waals surface area contributed by atoms with Crippen molar-refractivity contribution in [3.05, 3.63) is 34.9 Å². The minimum atomic E-state index is -5.09. The van der Waals surface area contributed by atoms with Gasteiger partial charge in [0, 0.05) is 0 Å². The fourth-order valence-electron chi connectivity index (χ4n) is 1.71. The van der Waals surface area contributed by atoms with E-state index in [1.165, 1.54) is 6.92 Å². The molecule has 2 atom stereocenters. The molecule has 11 heteroatoms. The summed E-state index contributed by atoms with van der Waals surface area (Å²) >= 11 is 0. The van der Waals surface area contributed by atoms with Crippen molar-refractivity contribution in [3.8, 4) is 0 Å². The fourth-order valence-corrected chi connectivity index (χ4v) is 1.71. The van der Waals surface area contributed by atoms with E-state index in [2.05, 4.69) is 4.74 Å². The van der Waals surface area contributed by atoms with Crippen molar-refractivity contribution in [3.63, 3.8) is 0 Å². The monoisotopic (exact) mass is 383 g/mol. The van der Waals surface area contributed by atoms with Gasteiger partial charge in [-0.3, -0.25) is 0 Å². The molecule has 0 aliphatic carbocycles. The van der Waals surface area contributed by atoms with Crippen LogP contribution in [0.1, 0.15) is 29.7 Å². The van der Waals surface area contributed by atoms with Gasteiger partial charge < -0.3 is 10.5 Å². The number of esters is 1. The van der Waals surface area contributed by atoms with Crippen LogP contribution < -0.4 is 5.73 Å². The molecule has 1 rings (SSSR count). The van der Waals surface area contributed by atoms with Crippen molar-refractivity contribution in [2.24, 2.45) is 5.73 Å². The molecule has 0 saturated carbocycles. The van der Waals surface area contributed by atoms with Gasteiger partial charge in [0.2, 0.25) is 6.17 Å². The number of ether oxygens (including phenoxy) is 1. The summed E-state index contributed by atoms with van der Waals surface area (Å²) in [6.45, 7) is 1.13. The maximum atomic E-state index is 13.8. The van der Waals surface area contributed by atoms with Gasteiger partial charge in [-0.25, -0.2) is 9.18 Å². The first-order valence-corrected chi connectivity index (χ1v) is 6.23. The minimum absolute atomic E-state index is 0. The number of rotatable bonds is 4. The summed E-state index contributed by atoms with van der Waals surface area (Å²) in [5, 5.41) is 0. The first-order chi connectivity index (χ1) is 10.4. The van der Waals surface area contributed by atoms with E-state index < -0.39 is 47.2 Å². The van der Waals surface area contributed by atoms with Crippen molar-refractivity contribution >= 4 is 18.4 Å². The number of nitrogens with two attached hydrogens (primary N) is 1.